The summed E-state index contributed by atoms with van der Waals surface area (Å²) < 4.78 is 1.36. The number of fused-ring (bicyclic) bond motifs is 1. The van der Waals surface area contributed by atoms with Crippen molar-refractivity contribution in [1.29, 1.82) is 0 Å². The fourth-order valence-electron chi connectivity index (χ4n) is 3.49. The molecule has 0 atom stereocenters. The molecule has 7 nitrogen and oxygen atoms in total. The van der Waals surface area contributed by atoms with Gasteiger partial charge < -0.3 is 10.6 Å². The molecule has 1 amide bonds. The van der Waals surface area contributed by atoms with Crippen LogP contribution in [-0.2, 0) is 11.2 Å². The van der Waals surface area contributed by atoms with Gasteiger partial charge in [-0.25, -0.2) is 9.50 Å². The Morgan fingerprint density at radius 2 is 2.00 bits per heavy atom. The van der Waals surface area contributed by atoms with E-state index >= 15 is 0 Å². The largest absolute Gasteiger partial charge is 0.355 e. The van der Waals surface area contributed by atoms with Crippen LogP contribution in [0.15, 0.2) is 17.1 Å². The minimum absolute atomic E-state index is 0. The van der Waals surface area contributed by atoms with E-state index in [1.54, 1.807) is 19.2 Å². The summed E-state index contributed by atoms with van der Waals surface area (Å²) in [6.07, 6.45) is 9.43. The van der Waals surface area contributed by atoms with Crippen LogP contribution < -0.4 is 16.2 Å². The van der Waals surface area contributed by atoms with Crippen molar-refractivity contribution >= 4 is 24.0 Å². The van der Waals surface area contributed by atoms with Crippen LogP contribution in [0.5, 0.6) is 0 Å². The third kappa shape index (κ3) is 5.08. The Bertz CT molecular complexity index is 777. The van der Waals surface area contributed by atoms with Crippen molar-refractivity contribution in [3.63, 3.8) is 0 Å². The third-order valence-electron chi connectivity index (χ3n) is 4.92. The van der Waals surface area contributed by atoms with Gasteiger partial charge in [-0.15, -0.1) is 12.4 Å². The molecule has 0 radical (unpaired) electrons. The zero-order chi connectivity index (χ0) is 17.6. The van der Waals surface area contributed by atoms with Gasteiger partial charge in [0, 0.05) is 42.7 Å². The predicted molar refractivity (Wildman–Crippen MR) is 104 cm³/mol. The van der Waals surface area contributed by atoms with Crippen molar-refractivity contribution in [2.45, 2.75) is 57.9 Å². The molecule has 0 aromatic carbocycles. The summed E-state index contributed by atoms with van der Waals surface area (Å²) in [5.74, 6) is -0.142. The first-order valence-corrected chi connectivity index (χ1v) is 9.21. The first kappa shape index (κ1) is 20.5. The van der Waals surface area contributed by atoms with Crippen LogP contribution in [-0.4, -0.2) is 39.6 Å². The highest BCUT2D eigenvalue weighted by molar-refractivity contribution is 5.85. The number of hydrogen-bond donors (Lipinski definition) is 3. The summed E-state index contributed by atoms with van der Waals surface area (Å²) in [6, 6.07) is 2.31. The lowest BCUT2D eigenvalue weighted by Crippen LogP contribution is -2.38. The number of carbonyl (C=O) groups is 1. The lowest BCUT2D eigenvalue weighted by Gasteiger charge is -2.16. The Morgan fingerprint density at radius 1 is 1.27 bits per heavy atom. The second kappa shape index (κ2) is 9.73. The van der Waals surface area contributed by atoms with Gasteiger partial charge in [0.05, 0.1) is 6.42 Å². The average Bonchev–Trinajstić information content (AvgIpc) is 2.90. The number of aromatic nitrogens is 3. The van der Waals surface area contributed by atoms with Crippen molar-refractivity contribution in [2.24, 2.45) is 0 Å². The highest BCUT2D eigenvalue weighted by Gasteiger charge is 2.14. The van der Waals surface area contributed by atoms with Crippen LogP contribution in [0.2, 0.25) is 0 Å². The minimum atomic E-state index is -0.209. The molecule has 2 heterocycles. The maximum absolute atomic E-state index is 12.4. The zero-order valence-corrected chi connectivity index (χ0v) is 16.0. The van der Waals surface area contributed by atoms with Crippen LogP contribution in [0.1, 0.15) is 49.8 Å². The van der Waals surface area contributed by atoms with Crippen molar-refractivity contribution in [3.05, 3.63) is 33.9 Å². The minimum Gasteiger partial charge on any atom is -0.355 e. The fourth-order valence-corrected chi connectivity index (χ4v) is 3.49. The Kier molecular flexibility index (Phi) is 7.66. The van der Waals surface area contributed by atoms with E-state index in [9.17, 15) is 9.59 Å². The van der Waals surface area contributed by atoms with Crippen LogP contribution in [0.4, 0.5) is 0 Å². The van der Waals surface area contributed by atoms with Crippen LogP contribution >= 0.6 is 12.4 Å². The molecule has 1 fully saturated rings. The molecule has 3 N–H and O–H groups in total. The van der Waals surface area contributed by atoms with Crippen molar-refractivity contribution in [1.82, 2.24) is 25.2 Å². The fraction of sp³-hybridized carbons (Fsp3) is 0.611. The second-order valence-corrected chi connectivity index (χ2v) is 6.81. The molecule has 0 spiro atoms. The summed E-state index contributed by atoms with van der Waals surface area (Å²) in [4.78, 5) is 28.9. The molecule has 8 heteroatoms. The summed E-state index contributed by atoms with van der Waals surface area (Å²) >= 11 is 0. The molecule has 3 rings (SSSR count). The first-order valence-electron chi connectivity index (χ1n) is 9.21. The van der Waals surface area contributed by atoms with E-state index in [0.717, 1.165) is 6.54 Å². The number of halogens is 1. The molecule has 2 aromatic rings. The standard InChI is InChI=1S/C18H27N5O2.ClH/c1-13-15(18(25)23-16(22-13)8-9-21-23)12-17(24)20-11-10-19-14-6-4-2-3-5-7-14;/h8-9,14,19,21H,2-7,10-12H2,1H3,(H,20,24);1H. The number of rotatable bonds is 6. The maximum Gasteiger partial charge on any atom is 0.276 e. The van der Waals surface area contributed by atoms with Crippen LogP contribution in [0.25, 0.3) is 5.65 Å². The summed E-state index contributed by atoms with van der Waals surface area (Å²) in [5.41, 5.74) is 1.41. The number of nitrogens with zero attached hydrogens (tertiary/aromatic N) is 2. The van der Waals surface area contributed by atoms with E-state index in [1.165, 1.54) is 43.0 Å². The Labute approximate surface area is 159 Å². The molecule has 144 valence electrons. The normalized spacial score (nSPS) is 15.4. The molecule has 0 aliphatic heterocycles. The maximum atomic E-state index is 12.4. The topological polar surface area (TPSA) is 91.3 Å². The molecule has 1 saturated carbocycles. The van der Waals surface area contributed by atoms with Gasteiger partial charge in [-0.2, -0.15) is 0 Å². The van der Waals surface area contributed by atoms with Gasteiger partial charge in [-0.05, 0) is 19.8 Å². The summed E-state index contributed by atoms with van der Waals surface area (Å²) in [6.45, 7) is 3.11. The van der Waals surface area contributed by atoms with Crippen LogP contribution in [0.3, 0.4) is 0 Å². The van der Waals surface area contributed by atoms with E-state index in [4.69, 9.17) is 0 Å². The van der Waals surface area contributed by atoms with E-state index in [0.29, 0.717) is 29.5 Å². The number of aromatic amines is 1. The second-order valence-electron chi connectivity index (χ2n) is 6.81. The van der Waals surface area contributed by atoms with Gasteiger partial charge in [0.2, 0.25) is 5.91 Å². The zero-order valence-electron chi connectivity index (χ0n) is 15.2. The molecule has 1 aliphatic rings. The van der Waals surface area contributed by atoms with Gasteiger partial charge in [-0.1, -0.05) is 25.7 Å². The summed E-state index contributed by atoms with van der Waals surface area (Å²) in [5, 5.41) is 9.24. The molecular formula is C18H28ClN5O2. The van der Waals surface area contributed by atoms with Crippen molar-refractivity contribution in [2.75, 3.05) is 13.1 Å². The summed E-state index contributed by atoms with van der Waals surface area (Å²) in [7, 11) is 0. The average molecular weight is 382 g/mol. The van der Waals surface area contributed by atoms with Gasteiger partial charge in [-0.3, -0.25) is 14.7 Å². The molecular weight excluding hydrogens is 354 g/mol. The molecule has 1 aliphatic carbocycles. The number of amides is 1. The van der Waals surface area contributed by atoms with Gasteiger partial charge >= 0.3 is 0 Å². The van der Waals surface area contributed by atoms with Crippen molar-refractivity contribution < 1.29 is 4.79 Å². The molecule has 2 aromatic heterocycles. The highest BCUT2D eigenvalue weighted by Crippen LogP contribution is 2.16. The van der Waals surface area contributed by atoms with E-state index in [1.807, 2.05) is 0 Å². The molecule has 0 bridgehead atoms. The molecule has 26 heavy (non-hydrogen) atoms. The van der Waals surface area contributed by atoms with Gasteiger partial charge in [0.1, 0.15) is 0 Å². The Balaban J connectivity index is 0.00000243. The Hall–Kier alpha value is -1.86. The molecule has 0 unspecified atom stereocenters. The number of nitrogens with one attached hydrogen (secondary N) is 3. The van der Waals surface area contributed by atoms with E-state index < -0.39 is 0 Å². The SMILES string of the molecule is Cc1nc2cc[nH]n2c(=O)c1CC(=O)NCCNC1CCCCCC1.Cl. The number of H-pyrrole nitrogens is 1. The van der Waals surface area contributed by atoms with Gasteiger partial charge in [0.25, 0.3) is 5.56 Å². The Morgan fingerprint density at radius 3 is 2.73 bits per heavy atom. The smallest absolute Gasteiger partial charge is 0.276 e. The lowest BCUT2D eigenvalue weighted by atomic mass is 10.1. The highest BCUT2D eigenvalue weighted by atomic mass is 35.5. The van der Waals surface area contributed by atoms with E-state index in [2.05, 4.69) is 20.7 Å². The van der Waals surface area contributed by atoms with Crippen molar-refractivity contribution in [3.8, 4) is 0 Å². The van der Waals surface area contributed by atoms with E-state index in [-0.39, 0.29) is 30.3 Å². The van der Waals surface area contributed by atoms with Gasteiger partial charge in [0.15, 0.2) is 5.65 Å². The third-order valence-corrected chi connectivity index (χ3v) is 4.92. The number of carbonyl (C=O) groups excluding carboxylic acids is 1. The van der Waals surface area contributed by atoms with Crippen LogP contribution in [0, 0.1) is 6.92 Å². The predicted octanol–water partition coefficient (Wildman–Crippen LogP) is 1.72. The number of hydrogen-bond acceptors (Lipinski definition) is 4. The monoisotopic (exact) mass is 381 g/mol. The number of aryl methyl sites for hydroxylation is 1. The quantitative estimate of drug-likeness (QED) is 0.525. The molecule has 0 saturated heterocycles. The first-order chi connectivity index (χ1) is 12.1. The lowest BCUT2D eigenvalue weighted by molar-refractivity contribution is -0.120.